The molecule has 0 fully saturated rings. The highest BCUT2D eigenvalue weighted by Gasteiger charge is 2.28. The van der Waals surface area contributed by atoms with Crippen LogP contribution >= 0.6 is 11.6 Å². The standard InChI is InChI=1S/C30H26ClN3O3/c1-19-10-15-24(17-20(19)2)34-28(32-27-9-5-4-8-26(27)30(34)36)21(3)33(18-25-7-6-16-37-25)29(35)22-11-13-23(31)14-12-22/h4-17,21H,18H2,1-3H3. The van der Waals surface area contributed by atoms with Crippen molar-refractivity contribution in [1.82, 2.24) is 14.5 Å². The second-order valence-electron chi connectivity index (χ2n) is 9.09. The molecule has 5 aromatic rings. The zero-order valence-corrected chi connectivity index (χ0v) is 21.6. The van der Waals surface area contributed by atoms with Crippen LogP contribution in [0.15, 0.2) is 94.3 Å². The van der Waals surface area contributed by atoms with Crippen LogP contribution in [0.2, 0.25) is 5.02 Å². The van der Waals surface area contributed by atoms with Gasteiger partial charge in [0.2, 0.25) is 0 Å². The van der Waals surface area contributed by atoms with Crippen LogP contribution in [-0.2, 0) is 6.54 Å². The molecule has 37 heavy (non-hydrogen) atoms. The molecule has 0 aliphatic rings. The van der Waals surface area contributed by atoms with Crippen LogP contribution < -0.4 is 5.56 Å². The minimum Gasteiger partial charge on any atom is -0.467 e. The molecule has 2 heterocycles. The van der Waals surface area contributed by atoms with Crippen molar-refractivity contribution in [2.75, 3.05) is 0 Å². The van der Waals surface area contributed by atoms with Gasteiger partial charge in [0.25, 0.3) is 11.5 Å². The first-order valence-electron chi connectivity index (χ1n) is 12.0. The molecule has 186 valence electrons. The fourth-order valence-electron chi connectivity index (χ4n) is 4.40. The van der Waals surface area contributed by atoms with Gasteiger partial charge in [-0.1, -0.05) is 29.8 Å². The average molecular weight is 512 g/mol. The summed E-state index contributed by atoms with van der Waals surface area (Å²) in [4.78, 5) is 34.3. The fourth-order valence-corrected chi connectivity index (χ4v) is 4.52. The Kier molecular flexibility index (Phi) is 6.68. The summed E-state index contributed by atoms with van der Waals surface area (Å²) < 4.78 is 7.20. The summed E-state index contributed by atoms with van der Waals surface area (Å²) in [5.41, 5.74) is 3.74. The van der Waals surface area contributed by atoms with Crippen molar-refractivity contribution < 1.29 is 9.21 Å². The number of rotatable bonds is 6. The van der Waals surface area contributed by atoms with Crippen molar-refractivity contribution in [3.63, 3.8) is 0 Å². The average Bonchev–Trinajstić information content (AvgIpc) is 3.42. The molecule has 5 rings (SSSR count). The molecule has 1 unspecified atom stereocenters. The molecule has 0 aliphatic heterocycles. The third-order valence-corrected chi connectivity index (χ3v) is 6.90. The number of hydrogen-bond acceptors (Lipinski definition) is 4. The molecule has 0 saturated heterocycles. The number of nitrogens with zero attached hydrogens (tertiary/aromatic N) is 3. The summed E-state index contributed by atoms with van der Waals surface area (Å²) >= 11 is 6.07. The topological polar surface area (TPSA) is 68.3 Å². The van der Waals surface area contributed by atoms with E-state index in [1.54, 1.807) is 52.1 Å². The maximum atomic E-state index is 13.9. The first-order valence-corrected chi connectivity index (χ1v) is 12.4. The van der Waals surface area contributed by atoms with Gasteiger partial charge >= 0.3 is 0 Å². The van der Waals surface area contributed by atoms with Crippen LogP contribution in [0.3, 0.4) is 0 Å². The van der Waals surface area contributed by atoms with E-state index in [0.717, 1.165) is 11.1 Å². The minimum atomic E-state index is -0.577. The highest BCUT2D eigenvalue weighted by atomic mass is 35.5. The maximum absolute atomic E-state index is 13.9. The Morgan fingerprint density at radius 1 is 1.00 bits per heavy atom. The molecule has 0 aliphatic carbocycles. The highest BCUT2D eigenvalue weighted by Crippen LogP contribution is 2.27. The van der Waals surface area contributed by atoms with Crippen molar-refractivity contribution in [1.29, 1.82) is 0 Å². The third kappa shape index (κ3) is 4.80. The second-order valence-corrected chi connectivity index (χ2v) is 9.53. The molecule has 0 saturated carbocycles. The molecule has 7 heteroatoms. The Labute approximate surface area is 219 Å². The van der Waals surface area contributed by atoms with Crippen LogP contribution in [-0.4, -0.2) is 20.4 Å². The summed E-state index contributed by atoms with van der Waals surface area (Å²) in [7, 11) is 0. The monoisotopic (exact) mass is 511 g/mol. The predicted molar refractivity (Wildman–Crippen MR) is 145 cm³/mol. The number of furan rings is 1. The quantitative estimate of drug-likeness (QED) is 0.256. The molecule has 2 aromatic heterocycles. The summed E-state index contributed by atoms with van der Waals surface area (Å²) in [6.07, 6.45) is 1.57. The SMILES string of the molecule is Cc1ccc(-n2c(C(C)N(Cc3ccco3)C(=O)c3ccc(Cl)cc3)nc3ccccc3c2=O)cc1C. The van der Waals surface area contributed by atoms with Gasteiger partial charge in [-0.3, -0.25) is 14.2 Å². The van der Waals surface area contributed by atoms with Crippen molar-refractivity contribution >= 4 is 28.4 Å². The largest absolute Gasteiger partial charge is 0.467 e. The summed E-state index contributed by atoms with van der Waals surface area (Å²) in [6.45, 7) is 6.12. The van der Waals surface area contributed by atoms with E-state index in [9.17, 15) is 9.59 Å². The lowest BCUT2D eigenvalue weighted by Crippen LogP contribution is -2.37. The lowest BCUT2D eigenvalue weighted by molar-refractivity contribution is 0.0648. The van der Waals surface area contributed by atoms with Crippen LogP contribution in [0.5, 0.6) is 0 Å². The zero-order valence-electron chi connectivity index (χ0n) is 20.8. The fraction of sp³-hybridized carbons (Fsp3) is 0.167. The van der Waals surface area contributed by atoms with Gasteiger partial charge < -0.3 is 9.32 Å². The molecule has 3 aromatic carbocycles. The predicted octanol–water partition coefficient (Wildman–Crippen LogP) is 6.65. The number of benzene rings is 3. The molecule has 1 atom stereocenters. The molecule has 0 bridgehead atoms. The summed E-state index contributed by atoms with van der Waals surface area (Å²) in [5, 5.41) is 1.06. The van der Waals surface area contributed by atoms with E-state index in [2.05, 4.69) is 0 Å². The third-order valence-electron chi connectivity index (χ3n) is 6.65. The first-order chi connectivity index (χ1) is 17.8. The number of para-hydroxylation sites is 1. The smallest absolute Gasteiger partial charge is 0.266 e. The Balaban J connectivity index is 1.71. The number of aromatic nitrogens is 2. The van der Waals surface area contributed by atoms with Crippen LogP contribution in [0, 0.1) is 13.8 Å². The van der Waals surface area contributed by atoms with E-state index in [0.29, 0.717) is 38.8 Å². The number of carbonyl (C=O) groups is 1. The second kappa shape index (κ2) is 10.1. The van der Waals surface area contributed by atoms with Gasteiger partial charge in [-0.05, 0) is 92.6 Å². The number of aryl methyl sites for hydroxylation is 2. The molecule has 1 amide bonds. The van der Waals surface area contributed by atoms with Crippen LogP contribution in [0.1, 0.15) is 46.0 Å². The van der Waals surface area contributed by atoms with Crippen LogP contribution in [0.25, 0.3) is 16.6 Å². The molecule has 6 nitrogen and oxygen atoms in total. The normalized spacial score (nSPS) is 12.0. The van der Waals surface area contributed by atoms with E-state index < -0.39 is 6.04 Å². The molecule has 0 N–H and O–H groups in total. The Morgan fingerprint density at radius 2 is 1.76 bits per heavy atom. The molecule has 0 spiro atoms. The van der Waals surface area contributed by atoms with E-state index in [1.165, 1.54) is 0 Å². The van der Waals surface area contributed by atoms with Gasteiger partial charge in [0.15, 0.2) is 0 Å². The van der Waals surface area contributed by atoms with Crippen molar-refractivity contribution in [3.05, 3.63) is 129 Å². The number of carbonyl (C=O) groups excluding carboxylic acids is 1. The highest BCUT2D eigenvalue weighted by molar-refractivity contribution is 6.30. The van der Waals surface area contributed by atoms with E-state index in [-0.39, 0.29) is 18.0 Å². The number of amides is 1. The zero-order chi connectivity index (χ0) is 26.1. The van der Waals surface area contributed by atoms with Crippen molar-refractivity contribution in [3.8, 4) is 5.69 Å². The van der Waals surface area contributed by atoms with Gasteiger partial charge in [0.05, 0.1) is 35.4 Å². The maximum Gasteiger partial charge on any atom is 0.266 e. The molecular weight excluding hydrogens is 486 g/mol. The number of halogens is 1. The van der Waals surface area contributed by atoms with Gasteiger partial charge in [-0.2, -0.15) is 0 Å². The first kappa shape index (κ1) is 24.5. The Hall–Kier alpha value is -4.16. The van der Waals surface area contributed by atoms with E-state index >= 15 is 0 Å². The van der Waals surface area contributed by atoms with Crippen molar-refractivity contribution in [2.24, 2.45) is 0 Å². The minimum absolute atomic E-state index is 0.187. The number of hydrogen-bond donors (Lipinski definition) is 0. The molecule has 0 radical (unpaired) electrons. The number of fused-ring (bicyclic) bond motifs is 1. The van der Waals surface area contributed by atoms with Gasteiger partial charge in [0.1, 0.15) is 11.6 Å². The van der Waals surface area contributed by atoms with E-state index in [1.807, 2.05) is 63.2 Å². The Bertz CT molecular complexity index is 1640. The van der Waals surface area contributed by atoms with Gasteiger partial charge in [-0.25, -0.2) is 4.98 Å². The van der Waals surface area contributed by atoms with Crippen LogP contribution in [0.4, 0.5) is 0 Å². The lowest BCUT2D eigenvalue weighted by atomic mass is 10.1. The lowest BCUT2D eigenvalue weighted by Gasteiger charge is -2.30. The van der Waals surface area contributed by atoms with Crippen molar-refractivity contribution in [2.45, 2.75) is 33.4 Å². The Morgan fingerprint density at radius 3 is 2.46 bits per heavy atom. The van der Waals surface area contributed by atoms with Gasteiger partial charge in [-0.15, -0.1) is 0 Å². The van der Waals surface area contributed by atoms with E-state index in [4.69, 9.17) is 21.0 Å². The summed E-state index contributed by atoms with van der Waals surface area (Å²) in [5.74, 6) is 0.852. The van der Waals surface area contributed by atoms with Gasteiger partial charge in [0, 0.05) is 10.6 Å². The molecular formula is C30H26ClN3O3. The summed E-state index contributed by atoms with van der Waals surface area (Å²) in [6, 6.07) is 22.9.